The van der Waals surface area contributed by atoms with E-state index in [0.29, 0.717) is 12.2 Å². The number of rotatable bonds is 1. The molecule has 1 aromatic rings. The summed E-state index contributed by atoms with van der Waals surface area (Å²) >= 11 is 0. The van der Waals surface area contributed by atoms with Crippen molar-refractivity contribution in [3.63, 3.8) is 0 Å². The van der Waals surface area contributed by atoms with Gasteiger partial charge in [0.2, 0.25) is 0 Å². The monoisotopic (exact) mass is 232 g/mol. The summed E-state index contributed by atoms with van der Waals surface area (Å²) in [5.74, 6) is 0.793. The van der Waals surface area contributed by atoms with Gasteiger partial charge in [0.25, 0.3) is 0 Å². The molecule has 0 bridgehead atoms. The molecule has 17 heavy (non-hydrogen) atoms. The van der Waals surface area contributed by atoms with Gasteiger partial charge in [0, 0.05) is 16.6 Å². The number of carbonyl (C=O) groups is 1. The fourth-order valence-electron chi connectivity index (χ4n) is 1.73. The summed E-state index contributed by atoms with van der Waals surface area (Å²) in [5.41, 5.74) is 1.50. The van der Waals surface area contributed by atoms with Crippen LogP contribution in [0.4, 0.5) is 0 Å². The third kappa shape index (κ3) is 3.19. The van der Waals surface area contributed by atoms with E-state index in [2.05, 4.69) is 13.8 Å². The van der Waals surface area contributed by atoms with Crippen LogP contribution in [0.2, 0.25) is 0 Å². The van der Waals surface area contributed by atoms with E-state index < -0.39 is 0 Å². The molecule has 2 heteroatoms. The third-order valence-corrected chi connectivity index (χ3v) is 2.47. The van der Waals surface area contributed by atoms with Crippen LogP contribution in [0.3, 0.4) is 0 Å². The van der Waals surface area contributed by atoms with E-state index in [1.54, 1.807) is 0 Å². The largest absolute Gasteiger partial charge is 0.492 e. The van der Waals surface area contributed by atoms with Crippen molar-refractivity contribution in [1.29, 1.82) is 0 Å². The molecule has 1 aliphatic rings. The van der Waals surface area contributed by atoms with E-state index in [-0.39, 0.29) is 5.41 Å². The first-order valence-electron chi connectivity index (χ1n) is 6.03. The average Bonchev–Trinajstić information content (AvgIpc) is 2.49. The first kappa shape index (κ1) is 13.5. The van der Waals surface area contributed by atoms with Crippen LogP contribution in [0.15, 0.2) is 30.3 Å². The molecule has 2 nitrogen and oxygen atoms in total. The number of carbonyl (C=O) groups excluding carboxylic acids is 1. The second-order valence-corrected chi connectivity index (χ2v) is 4.49. The highest BCUT2D eigenvalue weighted by Crippen LogP contribution is 2.33. The molecule has 0 unspecified atom stereocenters. The molecule has 0 fully saturated rings. The second-order valence-electron chi connectivity index (χ2n) is 4.49. The topological polar surface area (TPSA) is 26.3 Å². The quantitative estimate of drug-likeness (QED) is 0.690. The minimum atomic E-state index is -0.102. The van der Waals surface area contributed by atoms with Crippen LogP contribution in [-0.4, -0.2) is 12.9 Å². The third-order valence-electron chi connectivity index (χ3n) is 2.47. The molecule has 2 rings (SSSR count). The minimum Gasteiger partial charge on any atom is -0.492 e. The van der Waals surface area contributed by atoms with Crippen molar-refractivity contribution in [2.24, 2.45) is 5.41 Å². The number of ether oxygens (including phenoxy) is 1. The zero-order valence-corrected chi connectivity index (χ0v) is 11.0. The number of hydrogen-bond acceptors (Lipinski definition) is 2. The first-order valence-corrected chi connectivity index (χ1v) is 6.03. The van der Waals surface area contributed by atoms with Crippen LogP contribution in [0.25, 0.3) is 5.57 Å². The molecule has 0 saturated heterocycles. The van der Waals surface area contributed by atoms with Gasteiger partial charge < -0.3 is 4.74 Å². The first-order chi connectivity index (χ1) is 8.12. The van der Waals surface area contributed by atoms with Gasteiger partial charge in [-0.25, -0.2) is 0 Å². The lowest BCUT2D eigenvalue weighted by Gasteiger charge is -2.18. The minimum absolute atomic E-state index is 0.102. The van der Waals surface area contributed by atoms with Gasteiger partial charge in [-0.3, -0.25) is 4.79 Å². The Bertz CT molecular complexity index is 417. The number of para-hydroxylation sites is 1. The molecule has 0 saturated carbocycles. The number of allylic oxidation sites excluding steroid dienone is 1. The van der Waals surface area contributed by atoms with Gasteiger partial charge >= 0.3 is 0 Å². The maximum absolute atomic E-state index is 11.0. The Kier molecular flexibility index (Phi) is 4.50. The molecular weight excluding hydrogens is 212 g/mol. The molecule has 0 N–H and O–H groups in total. The smallest absolute Gasteiger partial charge is 0.150 e. The lowest BCUT2D eigenvalue weighted by molar-refractivity contribution is -0.103. The number of hydrogen-bond donors (Lipinski definition) is 0. The summed E-state index contributed by atoms with van der Waals surface area (Å²) in [6.07, 6.45) is 2.88. The van der Waals surface area contributed by atoms with Crippen LogP contribution in [-0.2, 0) is 4.79 Å². The fraction of sp³-hybridized carbons (Fsp3) is 0.400. The maximum Gasteiger partial charge on any atom is 0.150 e. The van der Waals surface area contributed by atoms with E-state index in [0.717, 1.165) is 17.6 Å². The molecule has 0 radical (unpaired) electrons. The van der Waals surface area contributed by atoms with Gasteiger partial charge in [-0.2, -0.15) is 0 Å². The number of benzene rings is 1. The molecule has 1 aliphatic heterocycles. The summed E-state index contributed by atoms with van der Waals surface area (Å²) < 4.78 is 5.68. The molecule has 0 amide bonds. The molecule has 92 valence electrons. The lowest BCUT2D eigenvalue weighted by atomic mass is 9.91. The molecule has 1 heterocycles. The number of fused-ring (bicyclic) bond motifs is 1. The maximum atomic E-state index is 11.0. The summed E-state index contributed by atoms with van der Waals surface area (Å²) in [5, 5.41) is 0. The molecule has 1 aromatic carbocycles. The van der Waals surface area contributed by atoms with Gasteiger partial charge in [0.05, 0.1) is 6.61 Å². The second kappa shape index (κ2) is 5.67. The molecule has 0 aliphatic carbocycles. The van der Waals surface area contributed by atoms with Crippen LogP contribution >= 0.6 is 0 Å². The Balaban J connectivity index is 0.000000686. The van der Waals surface area contributed by atoms with Gasteiger partial charge in [0.1, 0.15) is 12.0 Å². The summed E-state index contributed by atoms with van der Waals surface area (Å²) in [7, 11) is 0. The average molecular weight is 232 g/mol. The van der Waals surface area contributed by atoms with Crippen molar-refractivity contribution >= 4 is 11.9 Å². The van der Waals surface area contributed by atoms with Gasteiger partial charge in [-0.1, -0.05) is 52.0 Å². The van der Waals surface area contributed by atoms with Crippen LogP contribution in [0.1, 0.15) is 33.3 Å². The van der Waals surface area contributed by atoms with Gasteiger partial charge in [-0.05, 0) is 6.07 Å². The van der Waals surface area contributed by atoms with Crippen LogP contribution < -0.4 is 4.74 Å². The highest BCUT2D eigenvalue weighted by Gasteiger charge is 2.22. The lowest BCUT2D eigenvalue weighted by Crippen LogP contribution is -2.17. The summed E-state index contributed by atoms with van der Waals surface area (Å²) in [4.78, 5) is 11.0. The van der Waals surface area contributed by atoms with Crippen molar-refractivity contribution in [1.82, 2.24) is 0 Å². The van der Waals surface area contributed by atoms with Gasteiger partial charge in [-0.15, -0.1) is 0 Å². The van der Waals surface area contributed by atoms with Crippen molar-refractivity contribution in [2.45, 2.75) is 27.7 Å². The molecule has 0 spiro atoms. The van der Waals surface area contributed by atoms with Crippen LogP contribution in [0, 0.1) is 5.41 Å². The van der Waals surface area contributed by atoms with Crippen molar-refractivity contribution in [3.05, 3.63) is 35.9 Å². The van der Waals surface area contributed by atoms with E-state index in [1.165, 1.54) is 0 Å². The number of aldehydes is 1. The molecule has 0 atom stereocenters. The Morgan fingerprint density at radius 2 is 1.88 bits per heavy atom. The Morgan fingerprint density at radius 1 is 1.24 bits per heavy atom. The van der Waals surface area contributed by atoms with E-state index >= 15 is 0 Å². The zero-order chi connectivity index (χ0) is 12.9. The Hall–Kier alpha value is -1.57. The van der Waals surface area contributed by atoms with E-state index in [9.17, 15) is 4.79 Å². The normalized spacial score (nSPS) is 16.4. The van der Waals surface area contributed by atoms with Crippen molar-refractivity contribution < 1.29 is 9.53 Å². The van der Waals surface area contributed by atoms with Crippen molar-refractivity contribution in [3.8, 4) is 5.75 Å². The summed E-state index contributed by atoms with van der Waals surface area (Å²) in [6, 6.07) is 7.64. The predicted octanol–water partition coefficient (Wildman–Crippen LogP) is 3.71. The van der Waals surface area contributed by atoms with Gasteiger partial charge in [0.15, 0.2) is 0 Å². The zero-order valence-electron chi connectivity index (χ0n) is 11.0. The highest BCUT2D eigenvalue weighted by molar-refractivity contribution is 6.08. The molecule has 0 aromatic heterocycles. The SMILES string of the molecule is CC.CC1(C)C=C(C=O)c2ccccc2OC1. The standard InChI is InChI=1S/C13H14O2.C2H6/c1-13(2)7-10(8-14)11-5-3-4-6-12(11)15-9-13;1-2/h3-8H,9H2,1-2H3;1-2H3. The van der Waals surface area contributed by atoms with E-state index in [1.807, 2.05) is 44.2 Å². The summed E-state index contributed by atoms with van der Waals surface area (Å²) in [6.45, 7) is 8.71. The van der Waals surface area contributed by atoms with E-state index in [4.69, 9.17) is 4.74 Å². The van der Waals surface area contributed by atoms with Crippen LogP contribution in [0.5, 0.6) is 5.75 Å². The Morgan fingerprint density at radius 3 is 2.53 bits per heavy atom. The molecular formula is C15H20O2. The highest BCUT2D eigenvalue weighted by atomic mass is 16.5. The Labute approximate surface area is 103 Å². The van der Waals surface area contributed by atoms with Crippen molar-refractivity contribution in [2.75, 3.05) is 6.61 Å². The predicted molar refractivity (Wildman–Crippen MR) is 71.1 cm³/mol. The fourth-order valence-corrected chi connectivity index (χ4v) is 1.73.